The molecular weight excluding hydrogens is 1520 g/mol. The predicted octanol–water partition coefficient (Wildman–Crippen LogP) is 10.2. The molecule has 5 saturated heterocycles. The first-order chi connectivity index (χ1) is 57.4. The van der Waals surface area contributed by atoms with Crippen LogP contribution in [-0.2, 0) is 59.5 Å². The molecule has 0 saturated carbocycles. The number of piperazine rings is 3. The fourth-order valence-corrected chi connectivity index (χ4v) is 17.5. The number of aromatic nitrogens is 6. The lowest BCUT2D eigenvalue weighted by molar-refractivity contribution is -0.137. The molecule has 3 N–H and O–H groups in total. The van der Waals surface area contributed by atoms with Crippen molar-refractivity contribution in [1.82, 2.24) is 59.3 Å². The first-order valence-electron chi connectivity index (χ1n) is 41.7. The highest BCUT2D eigenvalue weighted by Crippen LogP contribution is 2.43. The Morgan fingerprint density at radius 3 is 1.39 bits per heavy atom. The molecule has 0 radical (unpaired) electrons. The molecule has 16 rings (SSSR count). The lowest BCUT2D eigenvalue weighted by atomic mass is 9.99. The molecule has 8 aliphatic rings. The largest absolute Gasteiger partial charge is 0.508 e. The molecule has 5 aromatic carbocycles. The molecule has 5 fully saturated rings. The van der Waals surface area contributed by atoms with Gasteiger partial charge >= 0.3 is 24.2 Å². The van der Waals surface area contributed by atoms with Crippen LogP contribution in [0, 0.1) is 11.8 Å². The molecule has 2 atom stereocenters. The van der Waals surface area contributed by atoms with E-state index >= 15 is 0 Å². The summed E-state index contributed by atoms with van der Waals surface area (Å²) in [4.78, 5) is 90.5. The number of nitrogens with zero attached hydrogens (tertiary/aromatic N) is 18. The van der Waals surface area contributed by atoms with E-state index in [-0.39, 0.29) is 59.3 Å². The number of piperidine rings is 2. The molecule has 3 aromatic heterocycles. The van der Waals surface area contributed by atoms with Gasteiger partial charge < -0.3 is 83.4 Å². The van der Waals surface area contributed by atoms with Gasteiger partial charge in [0.15, 0.2) is 0 Å². The van der Waals surface area contributed by atoms with E-state index in [1.807, 2.05) is 96.4 Å². The molecule has 11 heterocycles. The smallest absolute Gasteiger partial charge is 0.418 e. The Bertz CT molecular complexity index is 4970. The second-order valence-electron chi connectivity index (χ2n) is 32.5. The SMILES string of the molecule is C=CC(=O)N1CCN(c2nc(OCC3CCCN(C)C3)nc3c2CCN(c2cc(O)cc4ccccc24)C3)CC1.C=CC(=O)N1CCN(c2nc(OCCN3CCC(C)CC3)nc3c2CCN(c2cc(O)cc4ccccc24)C3)CC1.C=CC(=O)N1CCN(c2nc(O[C@H](C)CN(C)C)nc3c2CCN(c2cc(O)ccc2C(F)(F)F)C3)CC1. The Kier molecular flexibility index (Phi) is 26.7. The minimum absolute atomic E-state index is 0.0279. The number of amides is 3. The minimum Gasteiger partial charge on any atom is -0.508 e. The number of phenols is 3. The molecule has 0 aliphatic carbocycles. The Labute approximate surface area is 694 Å². The van der Waals surface area contributed by atoms with Crippen molar-refractivity contribution in [3.8, 4) is 35.3 Å². The monoisotopic (exact) mass is 1630 g/mol. The van der Waals surface area contributed by atoms with Gasteiger partial charge in [0.05, 0.1) is 54.6 Å². The first kappa shape index (κ1) is 84.2. The van der Waals surface area contributed by atoms with Crippen LogP contribution in [0.3, 0.4) is 0 Å². The quantitative estimate of drug-likeness (QED) is 0.0600. The molecule has 0 spiro atoms. The summed E-state index contributed by atoms with van der Waals surface area (Å²) < 4.78 is 59.8. The van der Waals surface area contributed by atoms with E-state index in [2.05, 4.69) is 85.1 Å². The van der Waals surface area contributed by atoms with Crippen molar-refractivity contribution < 1.29 is 57.1 Å². The molecule has 3 amide bonds. The number of rotatable bonds is 20. The summed E-state index contributed by atoms with van der Waals surface area (Å²) in [5, 5.41) is 35.1. The molecule has 1 unspecified atom stereocenters. The molecule has 8 aromatic rings. The summed E-state index contributed by atoms with van der Waals surface area (Å²) in [5.74, 6) is 3.88. The number of aromatic hydroxyl groups is 3. The standard InChI is InChI=1S/C32H40N6O3.C31H38N6O3.C26H33F3N6O3/c1-3-30(40)36-14-16-37(17-15-36)31-27-10-13-38(29-21-25(39)20-24-6-4-5-7-26(24)29)22-28(27)33-32(34-31)41-19-18-35-11-8-23(2)9-12-35;1-3-29(39)35-13-15-36(16-14-35)30-26-10-12-37(28-18-24(38)17-23-8-4-5-9-25(23)28)20-27(26)32-31(33-30)40-21-22-7-6-11-34(2)19-22;1-5-23(37)33-10-12-34(13-11-33)24-19-8-9-35(22-14-18(36)6-7-20(22)26(27,28)29)16-21(19)30-25(31-24)38-17(2)15-32(3)4/h3-7,20-21,23,39H,1,8-19,22H2,2H3;3-5,8-9,17-18,22,38H,1,6-7,10-16,19-21H2,2H3;5-7,14,17,36H,1,8-13,15-16H2,2-4H3/t;;17-/m..1/s1. The average molecular weight is 1630 g/mol. The fraction of sp³-hybridized carbons (Fsp3) is 0.472. The van der Waals surface area contributed by atoms with Crippen LogP contribution in [0.25, 0.3) is 21.5 Å². The highest BCUT2D eigenvalue weighted by molar-refractivity contribution is 5.97. The summed E-state index contributed by atoms with van der Waals surface area (Å²) in [5.41, 5.74) is 6.75. The Balaban J connectivity index is 0.000000147. The van der Waals surface area contributed by atoms with E-state index in [0.717, 1.165) is 162 Å². The number of phenolic OH excluding ortho intramolecular Hbond substituents is 3. The third-order valence-electron chi connectivity index (χ3n) is 23.8. The van der Waals surface area contributed by atoms with Gasteiger partial charge in [0, 0.05) is 181 Å². The van der Waals surface area contributed by atoms with E-state index in [0.29, 0.717) is 154 Å². The van der Waals surface area contributed by atoms with E-state index in [9.17, 15) is 42.9 Å². The minimum atomic E-state index is -4.57. The van der Waals surface area contributed by atoms with Crippen molar-refractivity contribution in [2.24, 2.45) is 11.8 Å². The number of likely N-dealkylation sites (tertiary alicyclic amines) is 2. The summed E-state index contributed by atoms with van der Waals surface area (Å²) in [6.45, 7) is 32.7. The van der Waals surface area contributed by atoms with Crippen LogP contribution < -0.4 is 43.6 Å². The maximum Gasteiger partial charge on any atom is 0.418 e. The van der Waals surface area contributed by atoms with E-state index in [4.69, 9.17) is 39.1 Å². The van der Waals surface area contributed by atoms with Gasteiger partial charge in [-0.2, -0.15) is 43.1 Å². The molecular formula is C89H111F3N18O9. The molecule has 632 valence electrons. The van der Waals surface area contributed by atoms with Crippen LogP contribution >= 0.6 is 0 Å². The lowest BCUT2D eigenvalue weighted by Crippen LogP contribution is -2.49. The van der Waals surface area contributed by atoms with E-state index in [1.54, 1.807) is 9.80 Å². The number of ether oxygens (including phenoxy) is 3. The van der Waals surface area contributed by atoms with Crippen LogP contribution in [0.4, 0.5) is 47.7 Å². The zero-order chi connectivity index (χ0) is 83.6. The zero-order valence-corrected chi connectivity index (χ0v) is 69.1. The maximum atomic E-state index is 13.8. The van der Waals surface area contributed by atoms with Crippen LogP contribution in [-0.4, -0.2) is 270 Å². The lowest BCUT2D eigenvalue weighted by Gasteiger charge is -2.38. The number of hydrogen-bond acceptors (Lipinski definition) is 24. The van der Waals surface area contributed by atoms with Gasteiger partial charge in [-0.3, -0.25) is 19.3 Å². The summed E-state index contributed by atoms with van der Waals surface area (Å²) in [6.07, 6.45) is 6.07. The maximum absolute atomic E-state index is 13.8. The summed E-state index contributed by atoms with van der Waals surface area (Å²) >= 11 is 0. The zero-order valence-electron chi connectivity index (χ0n) is 69.1. The van der Waals surface area contributed by atoms with Gasteiger partial charge in [-0.05, 0) is 152 Å². The van der Waals surface area contributed by atoms with Crippen LogP contribution in [0.5, 0.6) is 35.3 Å². The average Bonchev–Trinajstić information content (AvgIpc) is 0.774. The highest BCUT2D eigenvalue weighted by Gasteiger charge is 2.39. The van der Waals surface area contributed by atoms with Crippen molar-refractivity contribution in [3.05, 3.63) is 168 Å². The van der Waals surface area contributed by atoms with Crippen molar-refractivity contribution in [3.63, 3.8) is 0 Å². The second-order valence-corrected chi connectivity index (χ2v) is 32.5. The van der Waals surface area contributed by atoms with Crippen LogP contribution in [0.2, 0.25) is 0 Å². The second kappa shape index (κ2) is 37.8. The van der Waals surface area contributed by atoms with Gasteiger partial charge in [-0.1, -0.05) is 75.2 Å². The number of fused-ring (bicyclic) bond motifs is 5. The Morgan fingerprint density at radius 2 is 0.950 bits per heavy atom. The van der Waals surface area contributed by atoms with Gasteiger partial charge in [-0.15, -0.1) is 0 Å². The van der Waals surface area contributed by atoms with Gasteiger partial charge in [0.2, 0.25) is 17.7 Å². The van der Waals surface area contributed by atoms with Gasteiger partial charge in [0.1, 0.15) is 47.4 Å². The number of carbonyl (C=O) groups is 3. The van der Waals surface area contributed by atoms with Crippen LogP contribution in [0.1, 0.15) is 78.9 Å². The summed E-state index contributed by atoms with van der Waals surface area (Å²) in [6, 6.07) is 27.7. The third kappa shape index (κ3) is 20.4. The Hall–Kier alpha value is -11.2. The predicted molar refractivity (Wildman–Crippen MR) is 456 cm³/mol. The van der Waals surface area contributed by atoms with Gasteiger partial charge in [-0.25, -0.2) is 0 Å². The molecule has 27 nitrogen and oxygen atoms in total. The normalized spacial score (nSPS) is 18.4. The number of anilines is 6. The van der Waals surface area contributed by atoms with Crippen molar-refractivity contribution in [1.29, 1.82) is 0 Å². The molecule has 30 heteroatoms. The molecule has 8 aliphatic heterocycles. The Morgan fingerprint density at radius 1 is 0.521 bits per heavy atom. The topological polar surface area (TPSA) is 256 Å². The number of hydrogen-bond donors (Lipinski definition) is 3. The van der Waals surface area contributed by atoms with Crippen molar-refractivity contribution in [2.45, 2.75) is 90.7 Å². The van der Waals surface area contributed by atoms with Gasteiger partial charge in [0.25, 0.3) is 0 Å². The number of carbonyl (C=O) groups excluding carboxylic acids is 3. The first-order valence-corrected chi connectivity index (χ1v) is 41.7. The van der Waals surface area contributed by atoms with E-state index < -0.39 is 11.7 Å². The van der Waals surface area contributed by atoms with Crippen LogP contribution in [0.15, 0.2) is 129 Å². The van der Waals surface area contributed by atoms with Crippen molar-refractivity contribution in [2.75, 3.05) is 201 Å². The number of halogens is 3. The summed E-state index contributed by atoms with van der Waals surface area (Å²) in [7, 11) is 6.01. The molecule has 119 heavy (non-hydrogen) atoms. The number of benzene rings is 5. The third-order valence-corrected chi connectivity index (χ3v) is 23.8. The van der Waals surface area contributed by atoms with E-state index in [1.165, 1.54) is 37.5 Å². The highest BCUT2D eigenvalue weighted by atomic mass is 19.4. The van der Waals surface area contributed by atoms with Crippen molar-refractivity contribution >= 4 is 73.8 Å². The number of alkyl halides is 3. The number of likely N-dealkylation sites (N-methyl/N-ethyl adjacent to an activating group) is 1. The fourth-order valence-electron chi connectivity index (χ4n) is 17.5. The molecule has 0 bridgehead atoms.